The summed E-state index contributed by atoms with van der Waals surface area (Å²) in [7, 11) is 0. The maximum absolute atomic E-state index is 13.5. The second-order valence-corrected chi connectivity index (χ2v) is 7.91. The third-order valence-electron chi connectivity index (χ3n) is 5.47. The van der Waals surface area contributed by atoms with Crippen molar-refractivity contribution >= 4 is 23.8 Å². The minimum atomic E-state index is -0.943. The van der Waals surface area contributed by atoms with Crippen molar-refractivity contribution in [3.8, 4) is 0 Å². The summed E-state index contributed by atoms with van der Waals surface area (Å²) in [4.78, 5) is 27.2. The largest absolute Gasteiger partial charge is 0.481 e. The van der Waals surface area contributed by atoms with Gasteiger partial charge in [-0.05, 0) is 43.0 Å². The summed E-state index contributed by atoms with van der Waals surface area (Å²) in [5, 5.41) is 19.2. The van der Waals surface area contributed by atoms with Crippen LogP contribution in [-0.4, -0.2) is 31.7 Å². The second kappa shape index (κ2) is 9.17. The molecular formula is C23H24FN5O3. The van der Waals surface area contributed by atoms with E-state index in [9.17, 15) is 14.0 Å². The third kappa shape index (κ3) is 4.93. The number of benzene rings is 2. The number of hydrogen-bond donors (Lipinski definition) is 3. The zero-order valence-electron chi connectivity index (χ0n) is 17.6. The molecule has 0 radical (unpaired) electrons. The van der Waals surface area contributed by atoms with Gasteiger partial charge < -0.3 is 10.4 Å². The Bertz CT molecular complexity index is 1110. The van der Waals surface area contributed by atoms with Crippen molar-refractivity contribution in [3.05, 3.63) is 71.0 Å². The fourth-order valence-corrected chi connectivity index (χ4v) is 3.80. The predicted molar refractivity (Wildman–Crippen MR) is 117 cm³/mol. The number of hydrogen-bond acceptors (Lipinski definition) is 5. The van der Waals surface area contributed by atoms with Crippen molar-refractivity contribution in [2.45, 2.75) is 44.7 Å². The van der Waals surface area contributed by atoms with Crippen LogP contribution in [-0.2, 0) is 9.59 Å². The lowest BCUT2D eigenvalue weighted by Crippen LogP contribution is -2.28. The fourth-order valence-electron chi connectivity index (χ4n) is 3.80. The number of halogens is 1. The summed E-state index contributed by atoms with van der Waals surface area (Å²) < 4.78 is 15.2. The van der Waals surface area contributed by atoms with Gasteiger partial charge in [0, 0.05) is 12.8 Å². The normalized spacial score (nSPS) is 17.3. The average Bonchev–Trinajstić information content (AvgIpc) is 3.16. The van der Waals surface area contributed by atoms with E-state index in [2.05, 4.69) is 32.8 Å². The second-order valence-electron chi connectivity index (χ2n) is 7.91. The Labute approximate surface area is 184 Å². The molecule has 9 heteroatoms. The molecule has 166 valence electrons. The lowest BCUT2D eigenvalue weighted by Gasteiger charge is -2.31. The van der Waals surface area contributed by atoms with Crippen LogP contribution in [0, 0.1) is 12.7 Å². The number of rotatable bonds is 7. The molecule has 3 aromatic rings. The minimum Gasteiger partial charge on any atom is -0.481 e. The summed E-state index contributed by atoms with van der Waals surface area (Å²) in [5.41, 5.74) is 3.14. The van der Waals surface area contributed by atoms with E-state index in [1.165, 1.54) is 12.1 Å². The Hall–Kier alpha value is -3.75. The smallest absolute Gasteiger partial charge is 0.303 e. The number of carboxylic acid groups (broad SMARTS) is 1. The summed E-state index contributed by atoms with van der Waals surface area (Å²) in [5.74, 6) is -0.961. The minimum absolute atomic E-state index is 0.0403. The van der Waals surface area contributed by atoms with Crippen LogP contribution in [0.25, 0.3) is 0 Å². The van der Waals surface area contributed by atoms with Crippen LogP contribution in [0.5, 0.6) is 0 Å². The molecule has 0 bridgehead atoms. The van der Waals surface area contributed by atoms with Crippen LogP contribution in [0.2, 0.25) is 0 Å². The van der Waals surface area contributed by atoms with Crippen molar-refractivity contribution in [1.29, 1.82) is 0 Å². The highest BCUT2D eigenvalue weighted by molar-refractivity contribution is 5.89. The van der Waals surface area contributed by atoms with Gasteiger partial charge in [-0.25, -0.2) is 9.07 Å². The van der Waals surface area contributed by atoms with Crippen LogP contribution in [0.3, 0.4) is 0 Å². The number of anilines is 2. The predicted octanol–water partition coefficient (Wildman–Crippen LogP) is 4.07. The van der Waals surface area contributed by atoms with E-state index in [0.29, 0.717) is 12.4 Å². The molecule has 0 saturated carbocycles. The van der Waals surface area contributed by atoms with E-state index < -0.39 is 5.97 Å². The number of carboxylic acids is 1. The fraction of sp³-hybridized carbons (Fsp3) is 0.304. The van der Waals surface area contributed by atoms with Crippen LogP contribution in [0.15, 0.2) is 48.5 Å². The van der Waals surface area contributed by atoms with Crippen molar-refractivity contribution < 1.29 is 19.1 Å². The van der Waals surface area contributed by atoms with Crippen LogP contribution in [0.4, 0.5) is 16.3 Å². The number of fused-ring (bicyclic) bond motifs is 1. The Morgan fingerprint density at radius 3 is 2.50 bits per heavy atom. The Morgan fingerprint density at radius 2 is 1.81 bits per heavy atom. The SMILES string of the molecule is Cc1ccc([C@H]2C[C@H](c3ccc(F)cc3)n3nc(NC(=O)CCCC(=O)O)nc3N2)cc1. The molecule has 3 N–H and O–H groups in total. The van der Waals surface area contributed by atoms with E-state index in [4.69, 9.17) is 5.11 Å². The van der Waals surface area contributed by atoms with Crippen molar-refractivity contribution in [3.63, 3.8) is 0 Å². The first-order valence-corrected chi connectivity index (χ1v) is 10.5. The maximum atomic E-state index is 13.5. The van der Waals surface area contributed by atoms with Gasteiger partial charge in [-0.3, -0.25) is 14.9 Å². The number of carbonyl (C=O) groups excluding carboxylic acids is 1. The highest BCUT2D eigenvalue weighted by Gasteiger charge is 2.31. The Balaban J connectivity index is 1.59. The number of aryl methyl sites for hydroxylation is 1. The number of aliphatic carboxylic acids is 1. The van der Waals surface area contributed by atoms with Crippen LogP contribution >= 0.6 is 0 Å². The standard InChI is InChI=1S/C23H24FN5O3/c1-14-5-7-15(8-6-14)18-13-19(16-9-11-17(24)12-10-16)29-23(25-18)27-22(28-29)26-20(30)3-2-4-21(31)32/h5-12,18-19H,2-4,13H2,1H3,(H,31,32)(H2,25,26,27,28,30)/t18-,19-/m1/s1. The van der Waals surface area contributed by atoms with E-state index in [-0.39, 0.29) is 49.0 Å². The van der Waals surface area contributed by atoms with Gasteiger partial charge in [0.05, 0.1) is 12.1 Å². The first-order valence-electron chi connectivity index (χ1n) is 10.5. The molecule has 0 aliphatic carbocycles. The Kier molecular flexibility index (Phi) is 6.16. The van der Waals surface area contributed by atoms with Gasteiger partial charge in [0.1, 0.15) is 5.82 Å². The molecule has 0 fully saturated rings. The number of nitrogens with zero attached hydrogens (tertiary/aromatic N) is 3. The summed E-state index contributed by atoms with van der Waals surface area (Å²) in [6.07, 6.45) is 0.891. The molecule has 1 amide bonds. The van der Waals surface area contributed by atoms with E-state index >= 15 is 0 Å². The van der Waals surface area contributed by atoms with E-state index in [0.717, 1.165) is 16.7 Å². The van der Waals surface area contributed by atoms with Gasteiger partial charge in [0.25, 0.3) is 5.95 Å². The first kappa shape index (κ1) is 21.5. The molecule has 2 atom stereocenters. The van der Waals surface area contributed by atoms with Gasteiger partial charge in [-0.1, -0.05) is 42.0 Å². The van der Waals surface area contributed by atoms with Gasteiger partial charge in [0.2, 0.25) is 11.9 Å². The van der Waals surface area contributed by atoms with Crippen molar-refractivity contribution in [1.82, 2.24) is 14.8 Å². The summed E-state index contributed by atoms with van der Waals surface area (Å²) in [6.45, 7) is 2.03. The highest BCUT2D eigenvalue weighted by atomic mass is 19.1. The molecule has 4 rings (SSSR count). The molecule has 2 aromatic carbocycles. The number of aromatic nitrogens is 3. The Morgan fingerprint density at radius 1 is 1.12 bits per heavy atom. The molecule has 0 saturated heterocycles. The lowest BCUT2D eigenvalue weighted by atomic mass is 9.93. The molecule has 1 aromatic heterocycles. The highest BCUT2D eigenvalue weighted by Crippen LogP contribution is 2.38. The average molecular weight is 437 g/mol. The van der Waals surface area contributed by atoms with Crippen LogP contribution < -0.4 is 10.6 Å². The van der Waals surface area contributed by atoms with Crippen LogP contribution in [0.1, 0.15) is 54.5 Å². The molecule has 32 heavy (non-hydrogen) atoms. The quantitative estimate of drug-likeness (QED) is 0.514. The summed E-state index contributed by atoms with van der Waals surface area (Å²) >= 11 is 0. The molecule has 0 spiro atoms. The monoisotopic (exact) mass is 437 g/mol. The zero-order valence-corrected chi connectivity index (χ0v) is 17.6. The summed E-state index contributed by atoms with van der Waals surface area (Å²) in [6, 6.07) is 14.3. The maximum Gasteiger partial charge on any atom is 0.303 e. The molecule has 1 aliphatic rings. The van der Waals surface area contributed by atoms with Gasteiger partial charge in [0.15, 0.2) is 0 Å². The molecule has 2 heterocycles. The lowest BCUT2D eigenvalue weighted by molar-refractivity contribution is -0.137. The number of amides is 1. The zero-order chi connectivity index (χ0) is 22.7. The first-order chi connectivity index (χ1) is 15.4. The van der Waals surface area contributed by atoms with Crippen molar-refractivity contribution in [2.24, 2.45) is 0 Å². The van der Waals surface area contributed by atoms with Gasteiger partial charge >= 0.3 is 5.97 Å². The topological polar surface area (TPSA) is 109 Å². The third-order valence-corrected chi connectivity index (χ3v) is 5.47. The molecular weight excluding hydrogens is 413 g/mol. The molecule has 1 aliphatic heterocycles. The molecule has 0 unspecified atom stereocenters. The van der Waals surface area contributed by atoms with Gasteiger partial charge in [-0.15, -0.1) is 5.10 Å². The van der Waals surface area contributed by atoms with E-state index in [1.807, 2.05) is 19.1 Å². The molecule has 8 nitrogen and oxygen atoms in total. The van der Waals surface area contributed by atoms with Gasteiger partial charge in [-0.2, -0.15) is 4.98 Å². The number of nitrogens with one attached hydrogen (secondary N) is 2. The van der Waals surface area contributed by atoms with E-state index in [1.54, 1.807) is 16.8 Å². The number of carbonyl (C=O) groups is 2. The van der Waals surface area contributed by atoms with Crippen molar-refractivity contribution in [2.75, 3.05) is 10.6 Å².